The smallest absolute Gasteiger partial charge is 0.264 e. The van der Waals surface area contributed by atoms with Crippen molar-refractivity contribution in [1.29, 1.82) is 0 Å². The second-order valence-corrected chi connectivity index (χ2v) is 13.0. The van der Waals surface area contributed by atoms with Gasteiger partial charge in [-0.15, -0.1) is 0 Å². The van der Waals surface area contributed by atoms with E-state index in [1.54, 1.807) is 48.5 Å². The summed E-state index contributed by atoms with van der Waals surface area (Å²) in [5.41, 5.74) is 3.01. The molecule has 3 aromatic rings. The molecule has 1 amide bonds. The summed E-state index contributed by atoms with van der Waals surface area (Å²) in [6.07, 6.45) is 0. The average Bonchev–Trinajstić information content (AvgIpc) is 2.89. The van der Waals surface area contributed by atoms with Gasteiger partial charge in [0.05, 0.1) is 15.5 Å². The van der Waals surface area contributed by atoms with Crippen molar-refractivity contribution in [2.45, 2.75) is 30.6 Å². The predicted molar refractivity (Wildman–Crippen MR) is 143 cm³/mol. The van der Waals surface area contributed by atoms with Crippen LogP contribution in [0.5, 0.6) is 0 Å². The first-order chi connectivity index (χ1) is 17.5. The summed E-state index contributed by atoms with van der Waals surface area (Å²) >= 11 is 0. The maximum absolute atomic E-state index is 13.6. The van der Waals surface area contributed by atoms with E-state index in [9.17, 15) is 21.6 Å². The summed E-state index contributed by atoms with van der Waals surface area (Å²) in [6, 6.07) is 20.2. The van der Waals surface area contributed by atoms with Crippen molar-refractivity contribution in [3.05, 3.63) is 89.5 Å². The minimum absolute atomic E-state index is 0.0951. The number of nitrogens with zero attached hydrogens (tertiary/aromatic N) is 3. The summed E-state index contributed by atoms with van der Waals surface area (Å²) in [7, 11) is -7.70. The fourth-order valence-electron chi connectivity index (χ4n) is 4.27. The molecule has 1 saturated heterocycles. The van der Waals surface area contributed by atoms with Gasteiger partial charge < -0.3 is 4.90 Å². The molecule has 0 unspecified atom stereocenters. The fourth-order valence-corrected chi connectivity index (χ4v) is 7.18. The Morgan fingerprint density at radius 3 is 1.97 bits per heavy atom. The number of benzene rings is 3. The van der Waals surface area contributed by atoms with Crippen molar-refractivity contribution < 1.29 is 21.6 Å². The van der Waals surface area contributed by atoms with Crippen LogP contribution in [-0.2, 0) is 24.8 Å². The SMILES string of the molecule is Cc1ccc(S(=O)(=O)N2CCN(C(=O)CN(c3cc(C)ccc3C)S(=O)(=O)c3ccccc3)CC2)cc1. The number of carbonyl (C=O) groups excluding carboxylic acids is 1. The molecule has 0 aliphatic carbocycles. The molecular formula is C27H31N3O5S2. The molecular weight excluding hydrogens is 510 g/mol. The molecule has 0 saturated carbocycles. The lowest BCUT2D eigenvalue weighted by atomic mass is 10.1. The summed E-state index contributed by atoms with van der Waals surface area (Å²) in [4.78, 5) is 15.2. The van der Waals surface area contributed by atoms with Gasteiger partial charge in [0.2, 0.25) is 15.9 Å². The van der Waals surface area contributed by atoms with Crippen molar-refractivity contribution in [3.8, 4) is 0 Å². The topological polar surface area (TPSA) is 95.1 Å². The molecule has 1 fully saturated rings. The van der Waals surface area contributed by atoms with Crippen LogP contribution in [0.4, 0.5) is 5.69 Å². The van der Waals surface area contributed by atoms with Crippen molar-refractivity contribution in [1.82, 2.24) is 9.21 Å². The van der Waals surface area contributed by atoms with E-state index in [0.717, 1.165) is 21.0 Å². The number of piperazine rings is 1. The Kier molecular flexibility index (Phi) is 7.72. The highest BCUT2D eigenvalue weighted by Gasteiger charge is 2.33. The number of carbonyl (C=O) groups is 1. The second kappa shape index (κ2) is 10.6. The zero-order chi connectivity index (χ0) is 26.8. The molecule has 0 radical (unpaired) electrons. The first-order valence-corrected chi connectivity index (χ1v) is 14.9. The molecule has 0 spiro atoms. The lowest BCUT2D eigenvalue weighted by Crippen LogP contribution is -2.53. The van der Waals surface area contributed by atoms with Crippen LogP contribution in [0.15, 0.2) is 82.6 Å². The van der Waals surface area contributed by atoms with E-state index in [-0.39, 0.29) is 48.4 Å². The Morgan fingerprint density at radius 2 is 1.35 bits per heavy atom. The Hall–Kier alpha value is -3.21. The van der Waals surface area contributed by atoms with E-state index in [1.807, 2.05) is 32.9 Å². The van der Waals surface area contributed by atoms with Crippen LogP contribution in [0.2, 0.25) is 0 Å². The molecule has 0 aromatic heterocycles. The number of rotatable bonds is 7. The number of anilines is 1. The molecule has 1 aliphatic rings. The molecule has 1 heterocycles. The van der Waals surface area contributed by atoms with Crippen LogP contribution in [0.3, 0.4) is 0 Å². The molecule has 1 aliphatic heterocycles. The molecule has 3 aromatic carbocycles. The van der Waals surface area contributed by atoms with Gasteiger partial charge in [-0.1, -0.05) is 48.0 Å². The third-order valence-electron chi connectivity index (χ3n) is 6.49. The van der Waals surface area contributed by atoms with Crippen molar-refractivity contribution in [2.24, 2.45) is 0 Å². The number of hydrogen-bond acceptors (Lipinski definition) is 5. The van der Waals surface area contributed by atoms with Crippen LogP contribution >= 0.6 is 0 Å². The molecule has 0 N–H and O–H groups in total. The molecule has 0 bridgehead atoms. The Morgan fingerprint density at radius 1 is 0.757 bits per heavy atom. The van der Waals surface area contributed by atoms with Gasteiger partial charge in [0, 0.05) is 26.2 Å². The largest absolute Gasteiger partial charge is 0.338 e. The number of aryl methyl sites for hydroxylation is 3. The summed E-state index contributed by atoms with van der Waals surface area (Å²) in [5, 5.41) is 0. The zero-order valence-electron chi connectivity index (χ0n) is 21.2. The standard InChI is InChI=1S/C27H31N3O5S2/c1-21-10-13-25(14-11-21)36(32,33)29-17-15-28(16-18-29)27(31)20-30(26-19-22(2)9-12-23(26)3)37(34,35)24-7-5-4-6-8-24/h4-14,19H,15-18,20H2,1-3H3. The average molecular weight is 542 g/mol. The van der Waals surface area contributed by atoms with Crippen LogP contribution in [-0.4, -0.2) is 64.7 Å². The molecule has 37 heavy (non-hydrogen) atoms. The van der Waals surface area contributed by atoms with E-state index < -0.39 is 20.0 Å². The molecule has 10 heteroatoms. The monoisotopic (exact) mass is 541 g/mol. The molecule has 0 atom stereocenters. The predicted octanol–water partition coefficient (Wildman–Crippen LogP) is 3.34. The summed E-state index contributed by atoms with van der Waals surface area (Å²) in [5.74, 6) is -0.382. The number of amides is 1. The third-order valence-corrected chi connectivity index (χ3v) is 10.2. The minimum atomic E-state index is -4.02. The van der Waals surface area contributed by atoms with Crippen LogP contribution in [0.25, 0.3) is 0 Å². The Labute approximate surface area is 219 Å². The van der Waals surface area contributed by atoms with E-state index in [4.69, 9.17) is 0 Å². The maximum atomic E-state index is 13.6. The van der Waals surface area contributed by atoms with Crippen molar-refractivity contribution >= 4 is 31.6 Å². The summed E-state index contributed by atoms with van der Waals surface area (Å²) < 4.78 is 55.9. The van der Waals surface area contributed by atoms with Crippen molar-refractivity contribution in [2.75, 3.05) is 37.0 Å². The normalized spacial score (nSPS) is 14.9. The van der Waals surface area contributed by atoms with E-state index in [0.29, 0.717) is 5.69 Å². The first kappa shape index (κ1) is 26.8. The highest BCUT2D eigenvalue weighted by Crippen LogP contribution is 2.28. The Bertz CT molecular complexity index is 1480. The van der Waals surface area contributed by atoms with Crippen LogP contribution < -0.4 is 4.31 Å². The fraction of sp³-hybridized carbons (Fsp3) is 0.296. The first-order valence-electron chi connectivity index (χ1n) is 12.0. The van der Waals surface area contributed by atoms with Gasteiger partial charge in [-0.25, -0.2) is 16.8 Å². The van der Waals surface area contributed by atoms with E-state index in [2.05, 4.69) is 0 Å². The lowest BCUT2D eigenvalue weighted by molar-refractivity contribution is -0.130. The van der Waals surface area contributed by atoms with Gasteiger partial charge in [-0.05, 0) is 62.2 Å². The van der Waals surface area contributed by atoms with Gasteiger partial charge in [-0.3, -0.25) is 9.10 Å². The van der Waals surface area contributed by atoms with Gasteiger partial charge in [0.15, 0.2) is 0 Å². The van der Waals surface area contributed by atoms with Crippen LogP contribution in [0, 0.1) is 20.8 Å². The molecule has 4 rings (SSSR count). The van der Waals surface area contributed by atoms with E-state index >= 15 is 0 Å². The zero-order valence-corrected chi connectivity index (χ0v) is 22.8. The van der Waals surface area contributed by atoms with Crippen LogP contribution in [0.1, 0.15) is 16.7 Å². The highest BCUT2D eigenvalue weighted by atomic mass is 32.2. The minimum Gasteiger partial charge on any atom is -0.338 e. The summed E-state index contributed by atoms with van der Waals surface area (Å²) in [6.45, 7) is 5.80. The van der Waals surface area contributed by atoms with Gasteiger partial charge in [-0.2, -0.15) is 4.31 Å². The quantitative estimate of drug-likeness (QED) is 0.457. The lowest BCUT2D eigenvalue weighted by Gasteiger charge is -2.35. The second-order valence-electron chi connectivity index (χ2n) is 9.21. The Balaban J connectivity index is 1.55. The number of hydrogen-bond donors (Lipinski definition) is 0. The maximum Gasteiger partial charge on any atom is 0.264 e. The highest BCUT2D eigenvalue weighted by molar-refractivity contribution is 7.92. The van der Waals surface area contributed by atoms with Gasteiger partial charge in [0.25, 0.3) is 10.0 Å². The third kappa shape index (κ3) is 5.71. The molecule has 8 nitrogen and oxygen atoms in total. The van der Waals surface area contributed by atoms with Gasteiger partial charge in [0.1, 0.15) is 6.54 Å². The van der Waals surface area contributed by atoms with Crippen molar-refractivity contribution in [3.63, 3.8) is 0 Å². The van der Waals surface area contributed by atoms with Gasteiger partial charge >= 0.3 is 0 Å². The molecule has 196 valence electrons. The van der Waals surface area contributed by atoms with E-state index in [1.165, 1.54) is 21.3 Å². The number of sulfonamides is 2.